The third kappa shape index (κ3) is 5.59. The Morgan fingerprint density at radius 1 is 0.848 bits per heavy atom. The van der Waals surface area contributed by atoms with Crippen molar-refractivity contribution < 1.29 is 19.1 Å². The number of amides is 2. The number of methoxy groups -OCH3 is 2. The summed E-state index contributed by atoms with van der Waals surface area (Å²) in [4.78, 5) is 29.8. The number of piperazine rings is 1. The highest BCUT2D eigenvalue weighted by molar-refractivity contribution is 6.04. The lowest BCUT2D eigenvalue weighted by molar-refractivity contribution is -0.136. The molecule has 0 spiro atoms. The van der Waals surface area contributed by atoms with E-state index in [0.717, 1.165) is 50.4 Å². The lowest BCUT2D eigenvalue weighted by Crippen LogP contribution is -2.50. The van der Waals surface area contributed by atoms with Crippen molar-refractivity contribution in [2.24, 2.45) is 5.92 Å². The third-order valence-corrected chi connectivity index (χ3v) is 6.65. The number of benzene rings is 2. The van der Waals surface area contributed by atoms with Crippen LogP contribution in [0.2, 0.25) is 0 Å². The summed E-state index contributed by atoms with van der Waals surface area (Å²) < 4.78 is 10.5. The van der Waals surface area contributed by atoms with Gasteiger partial charge in [-0.3, -0.25) is 9.59 Å². The van der Waals surface area contributed by atoms with Crippen LogP contribution in [-0.4, -0.2) is 57.1 Å². The van der Waals surface area contributed by atoms with Gasteiger partial charge in [0.25, 0.3) is 5.91 Å². The predicted octanol–water partition coefficient (Wildman–Crippen LogP) is 4.19. The summed E-state index contributed by atoms with van der Waals surface area (Å²) in [5, 5.41) is 2.93. The van der Waals surface area contributed by atoms with Crippen LogP contribution in [-0.2, 0) is 4.79 Å². The normalized spacial score (nSPS) is 16.9. The molecule has 2 aromatic rings. The second-order valence-corrected chi connectivity index (χ2v) is 8.75. The summed E-state index contributed by atoms with van der Waals surface area (Å²) in [5.74, 6) is 1.49. The number of hydrogen-bond donors (Lipinski definition) is 1. The van der Waals surface area contributed by atoms with Gasteiger partial charge in [-0.25, -0.2) is 0 Å². The first-order valence-corrected chi connectivity index (χ1v) is 11.8. The van der Waals surface area contributed by atoms with Gasteiger partial charge in [-0.2, -0.15) is 0 Å². The predicted molar refractivity (Wildman–Crippen MR) is 129 cm³/mol. The average molecular weight is 452 g/mol. The molecule has 0 aromatic heterocycles. The van der Waals surface area contributed by atoms with Crippen LogP contribution < -0.4 is 19.7 Å². The van der Waals surface area contributed by atoms with Gasteiger partial charge in [0, 0.05) is 55.1 Å². The minimum absolute atomic E-state index is 0.227. The molecule has 4 rings (SSSR count). The van der Waals surface area contributed by atoms with Crippen LogP contribution in [0.25, 0.3) is 0 Å². The van der Waals surface area contributed by atoms with E-state index in [2.05, 4.69) is 10.2 Å². The number of hydrogen-bond acceptors (Lipinski definition) is 5. The highest BCUT2D eigenvalue weighted by atomic mass is 16.5. The van der Waals surface area contributed by atoms with E-state index in [1.54, 1.807) is 32.4 Å². The first-order valence-electron chi connectivity index (χ1n) is 11.8. The first-order chi connectivity index (χ1) is 16.1. The van der Waals surface area contributed by atoms with Gasteiger partial charge in [-0.15, -0.1) is 0 Å². The van der Waals surface area contributed by atoms with Gasteiger partial charge in [0.05, 0.1) is 14.2 Å². The maximum Gasteiger partial charge on any atom is 0.255 e. The van der Waals surface area contributed by atoms with E-state index in [1.165, 1.54) is 19.3 Å². The summed E-state index contributed by atoms with van der Waals surface area (Å²) in [5.41, 5.74) is 2.28. The highest BCUT2D eigenvalue weighted by Crippen LogP contribution is 2.27. The van der Waals surface area contributed by atoms with E-state index < -0.39 is 0 Å². The van der Waals surface area contributed by atoms with Crippen molar-refractivity contribution in [3.05, 3.63) is 48.0 Å². The fraction of sp³-hybridized carbons (Fsp3) is 0.462. The molecule has 1 aliphatic heterocycles. The molecule has 1 aliphatic carbocycles. The smallest absolute Gasteiger partial charge is 0.255 e. The number of ether oxygens (including phenoxy) is 2. The topological polar surface area (TPSA) is 71.1 Å². The van der Waals surface area contributed by atoms with Gasteiger partial charge >= 0.3 is 0 Å². The van der Waals surface area contributed by atoms with E-state index in [0.29, 0.717) is 23.0 Å². The number of carbonyl (C=O) groups is 2. The lowest BCUT2D eigenvalue weighted by atomic mass is 9.88. The molecule has 0 unspecified atom stereocenters. The molecule has 2 fully saturated rings. The lowest BCUT2D eigenvalue weighted by Gasteiger charge is -2.38. The van der Waals surface area contributed by atoms with Gasteiger partial charge in [0.15, 0.2) is 0 Å². The number of carbonyl (C=O) groups excluding carboxylic acids is 2. The first kappa shape index (κ1) is 23.0. The Labute approximate surface area is 195 Å². The molecular formula is C26H33N3O4. The van der Waals surface area contributed by atoms with Crippen LogP contribution in [0.4, 0.5) is 11.4 Å². The van der Waals surface area contributed by atoms with Crippen LogP contribution >= 0.6 is 0 Å². The molecular weight excluding hydrogens is 418 g/mol. The van der Waals surface area contributed by atoms with Crippen LogP contribution in [0.1, 0.15) is 42.5 Å². The maximum absolute atomic E-state index is 12.8. The number of anilines is 2. The van der Waals surface area contributed by atoms with Crippen LogP contribution in [0.5, 0.6) is 11.5 Å². The molecule has 2 aromatic carbocycles. The van der Waals surface area contributed by atoms with Crippen molar-refractivity contribution in [1.29, 1.82) is 0 Å². The number of nitrogens with zero attached hydrogens (tertiary/aromatic N) is 2. The molecule has 7 heteroatoms. The summed E-state index contributed by atoms with van der Waals surface area (Å²) in [7, 11) is 3.11. The standard InChI is InChI=1S/C26H33N3O4/c1-32-23-16-20(17-24(18-23)33-2)25(30)27-21-8-10-22(11-9-21)28-12-14-29(15-13-28)26(31)19-6-4-3-5-7-19/h8-11,16-19H,3-7,12-15H2,1-2H3,(H,27,30). The average Bonchev–Trinajstić information content (AvgIpc) is 2.89. The highest BCUT2D eigenvalue weighted by Gasteiger charge is 2.28. The molecule has 1 heterocycles. The summed E-state index contributed by atoms with van der Waals surface area (Å²) in [6.07, 6.45) is 5.74. The second-order valence-electron chi connectivity index (χ2n) is 8.75. The quantitative estimate of drug-likeness (QED) is 0.713. The van der Waals surface area contributed by atoms with E-state index in [-0.39, 0.29) is 11.8 Å². The SMILES string of the molecule is COc1cc(OC)cc(C(=O)Nc2ccc(N3CCN(C(=O)C4CCCCC4)CC3)cc2)c1. The van der Waals surface area contributed by atoms with Crippen molar-refractivity contribution in [2.75, 3.05) is 50.6 Å². The van der Waals surface area contributed by atoms with Gasteiger partial charge in [-0.05, 0) is 49.2 Å². The van der Waals surface area contributed by atoms with E-state index >= 15 is 0 Å². The van der Waals surface area contributed by atoms with E-state index in [9.17, 15) is 9.59 Å². The van der Waals surface area contributed by atoms with Crippen molar-refractivity contribution >= 4 is 23.2 Å². The Hall–Kier alpha value is -3.22. The Balaban J connectivity index is 1.32. The van der Waals surface area contributed by atoms with Gasteiger partial charge in [0.2, 0.25) is 5.91 Å². The van der Waals surface area contributed by atoms with Crippen LogP contribution in [0, 0.1) is 5.92 Å². The zero-order chi connectivity index (χ0) is 23.2. The number of nitrogens with one attached hydrogen (secondary N) is 1. The molecule has 0 atom stereocenters. The molecule has 2 amide bonds. The largest absolute Gasteiger partial charge is 0.497 e. The van der Waals surface area contributed by atoms with Crippen LogP contribution in [0.15, 0.2) is 42.5 Å². The fourth-order valence-electron chi connectivity index (χ4n) is 4.69. The summed E-state index contributed by atoms with van der Waals surface area (Å²) in [6.45, 7) is 3.19. The molecule has 1 saturated heterocycles. The van der Waals surface area contributed by atoms with Gasteiger partial charge in [0.1, 0.15) is 11.5 Å². The van der Waals surface area contributed by atoms with Crippen LogP contribution in [0.3, 0.4) is 0 Å². The summed E-state index contributed by atoms with van der Waals surface area (Å²) in [6, 6.07) is 12.9. The van der Waals surface area contributed by atoms with Crippen molar-refractivity contribution in [3.63, 3.8) is 0 Å². The Morgan fingerprint density at radius 3 is 2.03 bits per heavy atom. The van der Waals surface area contributed by atoms with Gasteiger partial charge < -0.3 is 24.6 Å². The number of rotatable bonds is 6. The molecule has 176 valence electrons. The van der Waals surface area contributed by atoms with Crippen molar-refractivity contribution in [3.8, 4) is 11.5 Å². The molecule has 0 bridgehead atoms. The van der Waals surface area contributed by atoms with Crippen molar-refractivity contribution in [1.82, 2.24) is 4.90 Å². The van der Waals surface area contributed by atoms with E-state index in [1.807, 2.05) is 29.2 Å². The molecule has 1 saturated carbocycles. The molecule has 2 aliphatic rings. The van der Waals surface area contributed by atoms with E-state index in [4.69, 9.17) is 9.47 Å². The molecule has 0 radical (unpaired) electrons. The summed E-state index contributed by atoms with van der Waals surface area (Å²) >= 11 is 0. The zero-order valence-corrected chi connectivity index (χ0v) is 19.5. The minimum Gasteiger partial charge on any atom is -0.497 e. The monoisotopic (exact) mass is 451 g/mol. The second kappa shape index (κ2) is 10.6. The Morgan fingerprint density at radius 2 is 1.45 bits per heavy atom. The Bertz CT molecular complexity index is 940. The minimum atomic E-state index is -0.227. The molecule has 7 nitrogen and oxygen atoms in total. The Kier molecular flexibility index (Phi) is 7.37. The van der Waals surface area contributed by atoms with Gasteiger partial charge in [-0.1, -0.05) is 19.3 Å². The van der Waals surface area contributed by atoms with Crippen molar-refractivity contribution in [2.45, 2.75) is 32.1 Å². The fourth-order valence-corrected chi connectivity index (χ4v) is 4.69. The molecule has 33 heavy (non-hydrogen) atoms. The third-order valence-electron chi connectivity index (χ3n) is 6.65. The zero-order valence-electron chi connectivity index (χ0n) is 19.5. The maximum atomic E-state index is 12.8. The molecule has 1 N–H and O–H groups in total.